The first-order chi connectivity index (χ1) is 9.11. The molecule has 1 saturated heterocycles. The van der Waals surface area contributed by atoms with E-state index in [4.69, 9.17) is 0 Å². The number of aromatic nitrogens is 1. The van der Waals surface area contributed by atoms with Crippen LogP contribution >= 0.6 is 0 Å². The molecule has 104 valence electrons. The Balaban J connectivity index is 2.04. The van der Waals surface area contributed by atoms with E-state index in [1.807, 2.05) is 6.07 Å². The number of carbonyl (C=O) groups excluding carboxylic acids is 1. The number of rotatable bonds is 3. The highest BCUT2D eigenvalue weighted by molar-refractivity contribution is 5.88. The van der Waals surface area contributed by atoms with E-state index in [2.05, 4.69) is 28.5 Å². The largest absolute Gasteiger partial charge is 0.465 e. The topological polar surface area (TPSA) is 42.4 Å². The molecule has 0 saturated carbocycles. The Morgan fingerprint density at radius 1 is 1.37 bits per heavy atom. The number of piperidine rings is 1. The van der Waals surface area contributed by atoms with Crippen molar-refractivity contribution in [1.29, 1.82) is 0 Å². The first-order valence-electron chi connectivity index (χ1n) is 6.91. The van der Waals surface area contributed by atoms with Gasteiger partial charge in [0.15, 0.2) is 0 Å². The van der Waals surface area contributed by atoms with Crippen molar-refractivity contribution in [3.05, 3.63) is 29.6 Å². The maximum atomic E-state index is 11.3. The highest BCUT2D eigenvalue weighted by Crippen LogP contribution is 2.24. The van der Waals surface area contributed by atoms with Gasteiger partial charge in [0.25, 0.3) is 0 Å². The Hall–Kier alpha value is -1.42. The van der Waals surface area contributed by atoms with Crippen molar-refractivity contribution in [2.24, 2.45) is 0 Å². The van der Waals surface area contributed by atoms with Gasteiger partial charge in [0.2, 0.25) is 0 Å². The third kappa shape index (κ3) is 3.32. The molecule has 0 unspecified atom stereocenters. The summed E-state index contributed by atoms with van der Waals surface area (Å²) in [6.07, 6.45) is 5.42. The molecule has 1 aliphatic rings. The maximum Gasteiger partial charge on any atom is 0.339 e. The minimum Gasteiger partial charge on any atom is -0.465 e. The zero-order valence-corrected chi connectivity index (χ0v) is 11.9. The minimum atomic E-state index is -0.334. The number of methoxy groups -OCH3 is 1. The summed E-state index contributed by atoms with van der Waals surface area (Å²) < 4.78 is 4.67. The van der Waals surface area contributed by atoms with Crippen LogP contribution in [0.15, 0.2) is 18.3 Å². The Labute approximate surface area is 114 Å². The highest BCUT2D eigenvalue weighted by atomic mass is 16.5. The molecular formula is C15H22N2O2. The second kappa shape index (κ2) is 6.15. The Kier molecular flexibility index (Phi) is 4.53. The summed E-state index contributed by atoms with van der Waals surface area (Å²) in [4.78, 5) is 18.2. The molecule has 1 aromatic heterocycles. The molecule has 2 atom stereocenters. The second-order valence-electron chi connectivity index (χ2n) is 5.33. The van der Waals surface area contributed by atoms with Crippen molar-refractivity contribution >= 4 is 5.97 Å². The van der Waals surface area contributed by atoms with E-state index in [0.29, 0.717) is 17.6 Å². The van der Waals surface area contributed by atoms with Crippen LogP contribution in [0.3, 0.4) is 0 Å². The Bertz CT molecular complexity index is 420. The van der Waals surface area contributed by atoms with Crippen LogP contribution < -0.4 is 0 Å². The second-order valence-corrected chi connectivity index (χ2v) is 5.33. The fraction of sp³-hybridized carbons (Fsp3) is 0.600. The molecule has 0 spiro atoms. The van der Waals surface area contributed by atoms with Crippen LogP contribution in [0.5, 0.6) is 0 Å². The van der Waals surface area contributed by atoms with E-state index in [-0.39, 0.29) is 5.97 Å². The zero-order valence-electron chi connectivity index (χ0n) is 11.9. The van der Waals surface area contributed by atoms with Gasteiger partial charge in [-0.3, -0.25) is 9.88 Å². The number of hydrogen-bond donors (Lipinski definition) is 0. The van der Waals surface area contributed by atoms with Crippen LogP contribution in [0.4, 0.5) is 0 Å². The summed E-state index contributed by atoms with van der Waals surface area (Å²) in [6, 6.07) is 4.91. The van der Waals surface area contributed by atoms with Crippen molar-refractivity contribution in [3.63, 3.8) is 0 Å². The van der Waals surface area contributed by atoms with Crippen LogP contribution in [-0.4, -0.2) is 35.0 Å². The zero-order chi connectivity index (χ0) is 13.8. The van der Waals surface area contributed by atoms with Crippen molar-refractivity contribution in [1.82, 2.24) is 9.88 Å². The number of esters is 1. The van der Waals surface area contributed by atoms with E-state index in [9.17, 15) is 4.79 Å². The van der Waals surface area contributed by atoms with E-state index in [1.165, 1.54) is 26.4 Å². The number of carbonyl (C=O) groups is 1. The Morgan fingerprint density at radius 3 is 2.58 bits per heavy atom. The Morgan fingerprint density at radius 2 is 2.05 bits per heavy atom. The average molecular weight is 262 g/mol. The van der Waals surface area contributed by atoms with Gasteiger partial charge in [-0.15, -0.1) is 0 Å². The molecule has 2 heterocycles. The van der Waals surface area contributed by atoms with Crippen LogP contribution in [0.1, 0.15) is 49.2 Å². The lowest BCUT2D eigenvalue weighted by atomic mass is 9.97. The quantitative estimate of drug-likeness (QED) is 0.785. The first kappa shape index (κ1) is 14.0. The predicted molar refractivity (Wildman–Crippen MR) is 73.9 cm³/mol. The average Bonchev–Trinajstić information content (AvgIpc) is 2.43. The number of pyridine rings is 1. The van der Waals surface area contributed by atoms with Crippen molar-refractivity contribution in [3.8, 4) is 0 Å². The summed E-state index contributed by atoms with van der Waals surface area (Å²) in [7, 11) is 1.38. The third-order valence-electron chi connectivity index (χ3n) is 3.97. The third-order valence-corrected chi connectivity index (χ3v) is 3.97. The van der Waals surface area contributed by atoms with Gasteiger partial charge in [-0.25, -0.2) is 4.79 Å². The monoisotopic (exact) mass is 262 g/mol. The molecule has 4 heteroatoms. The lowest BCUT2D eigenvalue weighted by Crippen LogP contribution is -2.43. The van der Waals surface area contributed by atoms with Gasteiger partial charge in [0.1, 0.15) is 0 Å². The normalized spacial score (nSPS) is 24.2. The van der Waals surface area contributed by atoms with E-state index in [1.54, 1.807) is 12.3 Å². The molecule has 4 nitrogen and oxygen atoms in total. The molecule has 1 aliphatic heterocycles. The molecule has 0 radical (unpaired) electrons. The SMILES string of the molecule is COC(=O)c1ccc(CN2[C@H](C)CCC[C@@H]2C)nc1. The molecule has 0 amide bonds. The van der Waals surface area contributed by atoms with Gasteiger partial charge in [0.05, 0.1) is 18.4 Å². The van der Waals surface area contributed by atoms with Gasteiger partial charge in [0, 0.05) is 24.8 Å². The van der Waals surface area contributed by atoms with Crippen LogP contribution in [0, 0.1) is 0 Å². The summed E-state index contributed by atoms with van der Waals surface area (Å²) >= 11 is 0. The molecule has 0 aliphatic carbocycles. The summed E-state index contributed by atoms with van der Waals surface area (Å²) in [5.74, 6) is -0.334. The number of hydrogen-bond acceptors (Lipinski definition) is 4. The van der Waals surface area contributed by atoms with Crippen LogP contribution in [0.25, 0.3) is 0 Å². The highest BCUT2D eigenvalue weighted by Gasteiger charge is 2.24. The number of likely N-dealkylation sites (tertiary alicyclic amines) is 1. The van der Waals surface area contributed by atoms with Gasteiger partial charge < -0.3 is 4.74 Å². The van der Waals surface area contributed by atoms with Crippen LogP contribution in [-0.2, 0) is 11.3 Å². The van der Waals surface area contributed by atoms with E-state index in [0.717, 1.165) is 12.2 Å². The lowest BCUT2D eigenvalue weighted by Gasteiger charge is -2.38. The molecule has 0 bridgehead atoms. The molecule has 19 heavy (non-hydrogen) atoms. The molecular weight excluding hydrogens is 240 g/mol. The predicted octanol–water partition coefficient (Wildman–Crippen LogP) is 2.63. The first-order valence-corrected chi connectivity index (χ1v) is 6.91. The van der Waals surface area contributed by atoms with Crippen molar-refractivity contribution in [2.75, 3.05) is 7.11 Å². The lowest BCUT2D eigenvalue weighted by molar-refractivity contribution is 0.0600. The summed E-state index contributed by atoms with van der Waals surface area (Å²) in [6.45, 7) is 5.40. The van der Waals surface area contributed by atoms with Gasteiger partial charge in [-0.1, -0.05) is 6.42 Å². The van der Waals surface area contributed by atoms with Crippen LogP contribution in [0.2, 0.25) is 0 Å². The van der Waals surface area contributed by atoms with Crippen molar-refractivity contribution in [2.45, 2.75) is 51.7 Å². The fourth-order valence-corrected chi connectivity index (χ4v) is 2.73. The van der Waals surface area contributed by atoms with Gasteiger partial charge in [-0.2, -0.15) is 0 Å². The fourth-order valence-electron chi connectivity index (χ4n) is 2.73. The summed E-state index contributed by atoms with van der Waals surface area (Å²) in [5, 5.41) is 0. The number of nitrogens with zero attached hydrogens (tertiary/aromatic N) is 2. The number of ether oxygens (including phenoxy) is 1. The van der Waals surface area contributed by atoms with E-state index < -0.39 is 0 Å². The van der Waals surface area contributed by atoms with Gasteiger partial charge in [-0.05, 0) is 38.8 Å². The molecule has 0 aromatic carbocycles. The minimum absolute atomic E-state index is 0.334. The standard InChI is InChI=1S/C15H22N2O2/c1-11-5-4-6-12(2)17(11)10-14-8-7-13(9-16-14)15(18)19-3/h7-9,11-12H,4-6,10H2,1-3H3/t11-,12+. The maximum absolute atomic E-state index is 11.3. The van der Waals surface area contributed by atoms with E-state index >= 15 is 0 Å². The smallest absolute Gasteiger partial charge is 0.339 e. The molecule has 1 aromatic rings. The summed E-state index contributed by atoms with van der Waals surface area (Å²) in [5.41, 5.74) is 1.51. The van der Waals surface area contributed by atoms with Crippen molar-refractivity contribution < 1.29 is 9.53 Å². The molecule has 0 N–H and O–H groups in total. The molecule has 2 rings (SSSR count). The van der Waals surface area contributed by atoms with Gasteiger partial charge >= 0.3 is 5.97 Å². The molecule has 1 fully saturated rings.